The van der Waals surface area contributed by atoms with E-state index in [0.717, 1.165) is 0 Å². The fraction of sp³-hybridized carbons (Fsp3) is 0.500. The third-order valence-corrected chi connectivity index (χ3v) is 1.98. The molecule has 0 aliphatic carbocycles. The van der Waals surface area contributed by atoms with Crippen LogP contribution in [0.1, 0.15) is 13.3 Å². The van der Waals surface area contributed by atoms with Crippen molar-refractivity contribution in [2.24, 2.45) is 0 Å². The summed E-state index contributed by atoms with van der Waals surface area (Å²) in [6.07, 6.45) is 0.00995. The Morgan fingerprint density at radius 1 is 1.46 bits per heavy atom. The van der Waals surface area contributed by atoms with Crippen LogP contribution in [0, 0.1) is 0 Å². The molecule has 0 saturated carbocycles. The van der Waals surface area contributed by atoms with Crippen molar-refractivity contribution in [2.75, 3.05) is 6.61 Å². The number of hydrogen-bond acceptors (Lipinski definition) is 4. The summed E-state index contributed by atoms with van der Waals surface area (Å²) in [5, 5.41) is 2.46. The molecule has 2 heterocycles. The molecule has 2 aliphatic heterocycles. The van der Waals surface area contributed by atoms with Gasteiger partial charge in [0.2, 0.25) is 0 Å². The number of carbonyl (C=O) groups excluding carboxylic acids is 2. The van der Waals surface area contributed by atoms with Crippen LogP contribution in [0.3, 0.4) is 0 Å². The first-order valence-corrected chi connectivity index (χ1v) is 4.06. The Kier molecular flexibility index (Phi) is 1.72. The van der Waals surface area contributed by atoms with Crippen LogP contribution in [0.25, 0.3) is 0 Å². The first-order chi connectivity index (χ1) is 6.18. The summed E-state index contributed by atoms with van der Waals surface area (Å²) in [4.78, 5) is 22.2. The zero-order valence-corrected chi connectivity index (χ0v) is 7.12. The zero-order chi connectivity index (χ0) is 9.42. The number of hydrogen-bond donors (Lipinski definition) is 1. The lowest BCUT2D eigenvalue weighted by atomic mass is 10.2. The summed E-state index contributed by atoms with van der Waals surface area (Å²) >= 11 is 0. The van der Waals surface area contributed by atoms with Gasteiger partial charge in [-0.1, -0.05) is 0 Å². The first kappa shape index (κ1) is 8.10. The van der Waals surface area contributed by atoms with E-state index in [9.17, 15) is 9.59 Å². The van der Waals surface area contributed by atoms with Gasteiger partial charge in [0.25, 0.3) is 5.91 Å². The van der Waals surface area contributed by atoms with Crippen molar-refractivity contribution in [3.63, 3.8) is 0 Å². The highest BCUT2D eigenvalue weighted by molar-refractivity contribution is 5.97. The SMILES string of the molecule is CC1OC2=C(NC1=O)C(=O)OCC2. The van der Waals surface area contributed by atoms with E-state index in [4.69, 9.17) is 9.47 Å². The molecule has 0 aromatic heterocycles. The predicted octanol–water partition coefficient (Wildman–Crippen LogP) is -0.320. The summed E-state index contributed by atoms with van der Waals surface area (Å²) in [7, 11) is 0. The highest BCUT2D eigenvalue weighted by Crippen LogP contribution is 2.21. The smallest absolute Gasteiger partial charge is 0.358 e. The molecule has 70 valence electrons. The fourth-order valence-electron chi connectivity index (χ4n) is 1.28. The molecule has 1 unspecified atom stereocenters. The van der Waals surface area contributed by atoms with Gasteiger partial charge < -0.3 is 14.8 Å². The van der Waals surface area contributed by atoms with Crippen LogP contribution >= 0.6 is 0 Å². The third kappa shape index (κ3) is 1.26. The number of nitrogens with one attached hydrogen (secondary N) is 1. The second-order valence-corrected chi connectivity index (χ2v) is 2.93. The van der Waals surface area contributed by atoms with Crippen molar-refractivity contribution in [1.82, 2.24) is 5.32 Å². The molecule has 0 aromatic carbocycles. The lowest BCUT2D eigenvalue weighted by Crippen LogP contribution is -2.44. The van der Waals surface area contributed by atoms with Crippen LogP contribution in [0.15, 0.2) is 11.5 Å². The minimum absolute atomic E-state index is 0.161. The molecule has 0 bridgehead atoms. The van der Waals surface area contributed by atoms with Gasteiger partial charge in [-0.25, -0.2) is 4.79 Å². The third-order valence-electron chi connectivity index (χ3n) is 1.98. The monoisotopic (exact) mass is 183 g/mol. The van der Waals surface area contributed by atoms with Gasteiger partial charge in [0.15, 0.2) is 11.8 Å². The topological polar surface area (TPSA) is 64.6 Å². The number of carbonyl (C=O) groups is 2. The fourth-order valence-corrected chi connectivity index (χ4v) is 1.28. The molecule has 0 spiro atoms. The Bertz CT molecular complexity index is 307. The van der Waals surface area contributed by atoms with Crippen LogP contribution in [-0.4, -0.2) is 24.6 Å². The van der Waals surface area contributed by atoms with Gasteiger partial charge in [0, 0.05) is 6.42 Å². The van der Waals surface area contributed by atoms with Crippen LogP contribution in [0.5, 0.6) is 0 Å². The molecule has 5 heteroatoms. The summed E-state index contributed by atoms with van der Waals surface area (Å²) in [6, 6.07) is 0. The van der Waals surface area contributed by atoms with Crippen molar-refractivity contribution < 1.29 is 19.1 Å². The van der Waals surface area contributed by atoms with Crippen LogP contribution < -0.4 is 5.32 Å². The molecule has 0 saturated heterocycles. The van der Waals surface area contributed by atoms with Crippen LogP contribution in [0.4, 0.5) is 0 Å². The standard InChI is InChI=1S/C8H9NO4/c1-4-7(10)9-6-5(13-4)2-3-12-8(6)11/h4H,2-3H2,1H3,(H,9,10). The Balaban J connectivity index is 2.31. The van der Waals surface area contributed by atoms with E-state index in [-0.39, 0.29) is 11.6 Å². The Labute approximate surface area is 74.7 Å². The van der Waals surface area contributed by atoms with Crippen molar-refractivity contribution in [1.29, 1.82) is 0 Å². The second-order valence-electron chi connectivity index (χ2n) is 2.93. The average Bonchev–Trinajstić information content (AvgIpc) is 2.09. The van der Waals surface area contributed by atoms with Crippen LogP contribution in [-0.2, 0) is 19.1 Å². The van der Waals surface area contributed by atoms with Gasteiger partial charge in [0.1, 0.15) is 5.76 Å². The lowest BCUT2D eigenvalue weighted by molar-refractivity contribution is -0.146. The number of esters is 1. The van der Waals surface area contributed by atoms with Gasteiger partial charge >= 0.3 is 5.97 Å². The van der Waals surface area contributed by atoms with E-state index in [0.29, 0.717) is 18.8 Å². The summed E-state index contributed by atoms with van der Waals surface area (Å²) < 4.78 is 9.98. The Morgan fingerprint density at radius 2 is 2.23 bits per heavy atom. The highest BCUT2D eigenvalue weighted by atomic mass is 16.5. The largest absolute Gasteiger partial charge is 0.483 e. The van der Waals surface area contributed by atoms with Gasteiger partial charge in [-0.05, 0) is 6.92 Å². The minimum Gasteiger partial charge on any atom is -0.483 e. The van der Waals surface area contributed by atoms with E-state index in [2.05, 4.69) is 5.32 Å². The zero-order valence-electron chi connectivity index (χ0n) is 7.12. The maximum absolute atomic E-state index is 11.1. The van der Waals surface area contributed by atoms with Crippen molar-refractivity contribution >= 4 is 11.9 Å². The summed E-state index contributed by atoms with van der Waals surface area (Å²) in [5.74, 6) is -0.289. The second kappa shape index (κ2) is 2.76. The molecule has 5 nitrogen and oxygen atoms in total. The van der Waals surface area contributed by atoms with Crippen molar-refractivity contribution in [2.45, 2.75) is 19.4 Å². The normalized spacial score (nSPS) is 27.3. The highest BCUT2D eigenvalue weighted by Gasteiger charge is 2.32. The summed E-state index contributed by atoms with van der Waals surface area (Å²) in [5.41, 5.74) is 0.161. The van der Waals surface area contributed by atoms with Gasteiger partial charge in [0.05, 0.1) is 6.61 Å². The van der Waals surface area contributed by atoms with E-state index in [1.54, 1.807) is 6.92 Å². The molecule has 0 radical (unpaired) electrons. The molecule has 1 N–H and O–H groups in total. The maximum atomic E-state index is 11.1. The first-order valence-electron chi connectivity index (χ1n) is 4.06. The molecule has 2 aliphatic rings. The van der Waals surface area contributed by atoms with Crippen LogP contribution in [0.2, 0.25) is 0 Å². The van der Waals surface area contributed by atoms with Gasteiger partial charge in [-0.2, -0.15) is 0 Å². The number of amides is 1. The minimum atomic E-state index is -0.523. The molecule has 2 rings (SSSR count). The molecular formula is C8H9NO4. The maximum Gasteiger partial charge on any atom is 0.358 e. The van der Waals surface area contributed by atoms with Crippen molar-refractivity contribution in [3.8, 4) is 0 Å². The van der Waals surface area contributed by atoms with E-state index in [1.165, 1.54) is 0 Å². The lowest BCUT2D eigenvalue weighted by Gasteiger charge is -2.27. The summed E-state index contributed by atoms with van der Waals surface area (Å²) in [6.45, 7) is 1.96. The molecule has 0 fully saturated rings. The molecular weight excluding hydrogens is 174 g/mol. The molecule has 13 heavy (non-hydrogen) atoms. The Hall–Kier alpha value is -1.52. The molecule has 1 atom stereocenters. The number of rotatable bonds is 0. The Morgan fingerprint density at radius 3 is 3.00 bits per heavy atom. The molecule has 1 amide bonds. The average molecular weight is 183 g/mol. The van der Waals surface area contributed by atoms with Gasteiger partial charge in [-0.3, -0.25) is 4.79 Å². The molecule has 0 aromatic rings. The van der Waals surface area contributed by atoms with Gasteiger partial charge in [-0.15, -0.1) is 0 Å². The van der Waals surface area contributed by atoms with Crippen molar-refractivity contribution in [3.05, 3.63) is 11.5 Å². The number of ether oxygens (including phenoxy) is 2. The van der Waals surface area contributed by atoms with E-state index in [1.807, 2.05) is 0 Å². The number of cyclic esters (lactones) is 1. The predicted molar refractivity (Wildman–Crippen MR) is 41.3 cm³/mol. The van der Waals surface area contributed by atoms with E-state index >= 15 is 0 Å². The van der Waals surface area contributed by atoms with E-state index < -0.39 is 12.1 Å². The quantitative estimate of drug-likeness (QED) is 0.523.